The molecule has 13 heteroatoms. The lowest BCUT2D eigenvalue weighted by Crippen LogP contribution is -2.54. The van der Waals surface area contributed by atoms with Gasteiger partial charge in [0.2, 0.25) is 10.0 Å². The van der Waals surface area contributed by atoms with E-state index in [2.05, 4.69) is 11.1 Å². The third kappa shape index (κ3) is 5.11. The van der Waals surface area contributed by atoms with E-state index in [1.807, 2.05) is 0 Å². The molecule has 0 unspecified atom stereocenters. The summed E-state index contributed by atoms with van der Waals surface area (Å²) in [5.74, 6) is -1.41. The average Bonchev–Trinajstić information content (AvgIpc) is 3.16. The van der Waals surface area contributed by atoms with Gasteiger partial charge in [-0.05, 0) is 69.4 Å². The fourth-order valence-corrected chi connectivity index (χ4v) is 6.20. The Bertz CT molecular complexity index is 1480. The van der Waals surface area contributed by atoms with Gasteiger partial charge in [-0.1, -0.05) is 12.1 Å². The quantitative estimate of drug-likeness (QED) is 0.363. The standard InChI is InChI=1S/C25H24F6N4O2S/c1-23(2,25(29,30)31)34-38(36,37)18-11-5-15(6-12-18)21-20(14-32)19-4-3-13-33-22(19)35(21)17-9-7-16(8-10-17)24(26,27)28/h3-6,11-13,16-17,34H,7-10H2,1-2H3. The monoisotopic (exact) mass is 558 g/mol. The zero-order valence-corrected chi connectivity index (χ0v) is 21.2. The molecule has 6 nitrogen and oxygen atoms in total. The van der Waals surface area contributed by atoms with Crippen molar-refractivity contribution in [3.63, 3.8) is 0 Å². The van der Waals surface area contributed by atoms with Crippen LogP contribution >= 0.6 is 0 Å². The second-order valence-corrected chi connectivity index (χ2v) is 11.6. The summed E-state index contributed by atoms with van der Waals surface area (Å²) in [5.41, 5.74) is -1.33. The lowest BCUT2D eigenvalue weighted by Gasteiger charge is -2.32. The highest BCUT2D eigenvalue weighted by molar-refractivity contribution is 7.89. The van der Waals surface area contributed by atoms with E-state index in [1.165, 1.54) is 18.3 Å². The number of fused-ring (bicyclic) bond motifs is 1. The molecular weight excluding hydrogens is 534 g/mol. The second-order valence-electron chi connectivity index (χ2n) is 9.88. The topological polar surface area (TPSA) is 87.8 Å². The lowest BCUT2D eigenvalue weighted by atomic mass is 9.85. The number of aromatic nitrogens is 2. The van der Waals surface area contributed by atoms with Gasteiger partial charge in [0.05, 0.1) is 22.1 Å². The van der Waals surface area contributed by atoms with Gasteiger partial charge in [0.1, 0.15) is 17.3 Å². The number of benzene rings is 1. The molecule has 38 heavy (non-hydrogen) atoms. The Balaban J connectivity index is 1.76. The third-order valence-electron chi connectivity index (χ3n) is 6.93. The summed E-state index contributed by atoms with van der Waals surface area (Å²) in [6.45, 7) is 1.41. The van der Waals surface area contributed by atoms with Crippen molar-refractivity contribution in [2.75, 3.05) is 0 Å². The normalized spacial score (nSPS) is 19.4. The van der Waals surface area contributed by atoms with Crippen molar-refractivity contribution in [2.24, 2.45) is 5.92 Å². The van der Waals surface area contributed by atoms with Crippen LogP contribution in [0, 0.1) is 17.2 Å². The zero-order chi connectivity index (χ0) is 28.1. The summed E-state index contributed by atoms with van der Waals surface area (Å²) in [7, 11) is -4.55. The Morgan fingerprint density at radius 1 is 1.00 bits per heavy atom. The number of nitrogens with zero attached hydrogens (tertiary/aromatic N) is 3. The first-order valence-electron chi connectivity index (χ1n) is 11.7. The van der Waals surface area contributed by atoms with E-state index in [1.54, 1.807) is 21.4 Å². The van der Waals surface area contributed by atoms with Crippen LogP contribution in [0.2, 0.25) is 0 Å². The number of nitrogens with one attached hydrogen (secondary N) is 1. The number of halogens is 6. The Morgan fingerprint density at radius 2 is 1.61 bits per heavy atom. The molecule has 0 spiro atoms. The Morgan fingerprint density at radius 3 is 2.13 bits per heavy atom. The van der Waals surface area contributed by atoms with Crippen molar-refractivity contribution in [2.45, 2.75) is 68.4 Å². The van der Waals surface area contributed by atoms with Crippen LogP contribution in [0.3, 0.4) is 0 Å². The van der Waals surface area contributed by atoms with Crippen molar-refractivity contribution < 1.29 is 34.8 Å². The van der Waals surface area contributed by atoms with Gasteiger partial charge in [-0.3, -0.25) is 0 Å². The smallest absolute Gasteiger partial charge is 0.321 e. The van der Waals surface area contributed by atoms with Gasteiger partial charge in [0.15, 0.2) is 0 Å². The van der Waals surface area contributed by atoms with Gasteiger partial charge in [-0.25, -0.2) is 13.4 Å². The lowest BCUT2D eigenvalue weighted by molar-refractivity contribution is -0.183. The molecule has 0 amide bonds. The Kier molecular flexibility index (Phi) is 7.03. The highest BCUT2D eigenvalue weighted by Crippen LogP contribution is 2.45. The predicted octanol–water partition coefficient (Wildman–Crippen LogP) is 6.49. The van der Waals surface area contributed by atoms with Crippen LogP contribution in [-0.2, 0) is 10.0 Å². The number of rotatable bonds is 5. The van der Waals surface area contributed by atoms with Crippen molar-refractivity contribution in [1.29, 1.82) is 5.26 Å². The van der Waals surface area contributed by atoms with Crippen molar-refractivity contribution in [1.82, 2.24) is 14.3 Å². The van der Waals surface area contributed by atoms with Gasteiger partial charge >= 0.3 is 12.4 Å². The van der Waals surface area contributed by atoms with E-state index in [0.29, 0.717) is 36.1 Å². The van der Waals surface area contributed by atoms with Crippen LogP contribution in [0.4, 0.5) is 26.3 Å². The summed E-state index contributed by atoms with van der Waals surface area (Å²) in [4.78, 5) is 3.96. The van der Waals surface area contributed by atoms with Crippen LogP contribution < -0.4 is 4.72 Å². The predicted molar refractivity (Wildman–Crippen MR) is 127 cm³/mol. The summed E-state index contributed by atoms with van der Waals surface area (Å²) in [6, 6.07) is 10.0. The van der Waals surface area contributed by atoms with Gasteiger partial charge in [0.25, 0.3) is 0 Å². The molecular formula is C25H24F6N4O2S. The van der Waals surface area contributed by atoms with Crippen molar-refractivity contribution in [3.05, 3.63) is 48.2 Å². The largest absolute Gasteiger partial charge is 0.407 e. The molecule has 3 aromatic rings. The van der Waals surface area contributed by atoms with Gasteiger partial charge in [0, 0.05) is 17.6 Å². The van der Waals surface area contributed by atoms with Gasteiger partial charge in [-0.2, -0.15) is 36.3 Å². The average molecular weight is 559 g/mol. The third-order valence-corrected chi connectivity index (χ3v) is 8.61. The van der Waals surface area contributed by atoms with Crippen molar-refractivity contribution in [3.8, 4) is 17.3 Å². The first-order chi connectivity index (χ1) is 17.6. The van der Waals surface area contributed by atoms with E-state index >= 15 is 0 Å². The molecule has 4 rings (SSSR count). The fraction of sp³-hybridized carbons (Fsp3) is 0.440. The van der Waals surface area contributed by atoms with E-state index in [4.69, 9.17) is 0 Å². The maximum Gasteiger partial charge on any atom is 0.407 e. The van der Waals surface area contributed by atoms with Crippen LogP contribution in [0.5, 0.6) is 0 Å². The molecule has 204 valence electrons. The van der Waals surface area contributed by atoms with E-state index in [0.717, 1.165) is 12.1 Å². The molecule has 1 saturated carbocycles. The molecule has 1 fully saturated rings. The van der Waals surface area contributed by atoms with E-state index in [-0.39, 0.29) is 37.3 Å². The first kappa shape index (κ1) is 27.9. The van der Waals surface area contributed by atoms with Crippen LogP contribution in [0.25, 0.3) is 22.3 Å². The second kappa shape index (κ2) is 9.57. The summed E-state index contributed by atoms with van der Waals surface area (Å²) in [6.07, 6.45) is -7.38. The molecule has 1 aliphatic carbocycles. The van der Waals surface area contributed by atoms with Gasteiger partial charge in [-0.15, -0.1) is 0 Å². The number of nitriles is 1. The summed E-state index contributed by atoms with van der Waals surface area (Å²) >= 11 is 0. The number of hydrogen-bond donors (Lipinski definition) is 1. The van der Waals surface area contributed by atoms with Crippen LogP contribution in [-0.4, -0.2) is 35.9 Å². The summed E-state index contributed by atoms with van der Waals surface area (Å²) in [5, 5.41) is 10.5. The minimum absolute atomic E-state index is 0.0835. The molecule has 2 heterocycles. The van der Waals surface area contributed by atoms with Crippen molar-refractivity contribution >= 4 is 21.1 Å². The number of hydrogen-bond acceptors (Lipinski definition) is 4. The molecule has 0 bridgehead atoms. The van der Waals surface area contributed by atoms with Crippen LogP contribution in [0.1, 0.15) is 51.1 Å². The number of sulfonamides is 1. The number of alkyl halides is 6. The first-order valence-corrected chi connectivity index (χ1v) is 13.2. The Hall–Kier alpha value is -3.11. The highest BCUT2D eigenvalue weighted by Gasteiger charge is 2.50. The minimum atomic E-state index is -4.83. The molecule has 1 aromatic carbocycles. The SMILES string of the molecule is CC(C)(NS(=O)(=O)c1ccc(-c2c(C#N)c3cccnc3n2C2CCC(C(F)(F)F)CC2)cc1)C(F)(F)F. The molecule has 0 saturated heterocycles. The molecule has 2 aromatic heterocycles. The highest BCUT2D eigenvalue weighted by atomic mass is 32.2. The van der Waals surface area contributed by atoms with E-state index in [9.17, 15) is 40.0 Å². The minimum Gasteiger partial charge on any atom is -0.321 e. The van der Waals surface area contributed by atoms with Gasteiger partial charge < -0.3 is 4.57 Å². The molecule has 0 atom stereocenters. The number of pyridine rings is 1. The maximum atomic E-state index is 13.3. The van der Waals surface area contributed by atoms with E-state index < -0.39 is 38.7 Å². The summed E-state index contributed by atoms with van der Waals surface area (Å²) < 4.78 is 108. The Labute approximate surface area is 215 Å². The fourth-order valence-electron chi connectivity index (χ4n) is 4.80. The molecule has 1 N–H and O–H groups in total. The maximum absolute atomic E-state index is 13.3. The molecule has 0 radical (unpaired) electrons. The molecule has 1 aliphatic rings. The molecule has 0 aliphatic heterocycles. The zero-order valence-electron chi connectivity index (χ0n) is 20.4. The van der Waals surface area contributed by atoms with Crippen LogP contribution in [0.15, 0.2) is 47.5 Å².